The van der Waals surface area contributed by atoms with Crippen LogP contribution in [0.15, 0.2) is 28.9 Å². The molecule has 1 amide bonds. The van der Waals surface area contributed by atoms with E-state index < -0.39 is 0 Å². The van der Waals surface area contributed by atoms with Crippen LogP contribution in [0.25, 0.3) is 0 Å². The van der Waals surface area contributed by atoms with E-state index in [0.29, 0.717) is 5.56 Å². The second-order valence-corrected chi connectivity index (χ2v) is 4.72. The molecule has 1 aromatic carbocycles. The fraction of sp³-hybridized carbons (Fsp3) is 0.333. The molecule has 0 aliphatic heterocycles. The maximum Gasteiger partial charge on any atom is 0.301 e. The molecule has 0 spiro atoms. The van der Waals surface area contributed by atoms with Gasteiger partial charge in [-0.15, -0.1) is 0 Å². The Balaban J connectivity index is 2.19. The van der Waals surface area contributed by atoms with Gasteiger partial charge in [0.05, 0.1) is 11.3 Å². The summed E-state index contributed by atoms with van der Waals surface area (Å²) >= 11 is 0. The summed E-state index contributed by atoms with van der Waals surface area (Å²) in [6.45, 7) is 6.70. The lowest BCUT2D eigenvalue weighted by molar-refractivity contribution is 0.102. The Morgan fingerprint density at radius 1 is 1.35 bits per heavy atom. The minimum Gasteiger partial charge on any atom is -0.432 e. The summed E-state index contributed by atoms with van der Waals surface area (Å²) in [5.74, 6) is -0.231. The molecule has 106 valence electrons. The third-order valence-electron chi connectivity index (χ3n) is 2.82. The Morgan fingerprint density at radius 2 is 2.15 bits per heavy atom. The van der Waals surface area contributed by atoms with E-state index in [9.17, 15) is 4.79 Å². The number of amides is 1. The molecule has 0 fully saturated rings. The maximum absolute atomic E-state index is 12.3. The van der Waals surface area contributed by atoms with Crippen LogP contribution in [0.5, 0.6) is 0 Å². The summed E-state index contributed by atoms with van der Waals surface area (Å²) in [5, 5.41) is 5.92. The molecule has 0 bridgehead atoms. The Kier molecular flexibility index (Phi) is 4.40. The number of carbonyl (C=O) groups is 1. The van der Waals surface area contributed by atoms with E-state index in [1.165, 1.54) is 6.26 Å². The van der Waals surface area contributed by atoms with Crippen LogP contribution in [0.2, 0.25) is 0 Å². The summed E-state index contributed by atoms with van der Waals surface area (Å²) in [4.78, 5) is 16.3. The van der Waals surface area contributed by atoms with E-state index in [1.54, 1.807) is 13.0 Å². The molecule has 0 aliphatic rings. The molecule has 1 aromatic heterocycles. The number of anilines is 2. The third-order valence-corrected chi connectivity index (χ3v) is 2.82. The van der Waals surface area contributed by atoms with Crippen molar-refractivity contribution in [3.63, 3.8) is 0 Å². The van der Waals surface area contributed by atoms with Crippen molar-refractivity contribution >= 4 is 17.6 Å². The van der Waals surface area contributed by atoms with Crippen molar-refractivity contribution in [3.8, 4) is 0 Å². The highest BCUT2D eigenvalue weighted by Crippen LogP contribution is 2.19. The fourth-order valence-electron chi connectivity index (χ4n) is 1.84. The van der Waals surface area contributed by atoms with Crippen LogP contribution >= 0.6 is 0 Å². The number of hydrogen-bond acceptors (Lipinski definition) is 4. The smallest absolute Gasteiger partial charge is 0.301 e. The number of aromatic nitrogens is 1. The number of nitrogens with one attached hydrogen (secondary N) is 2. The van der Waals surface area contributed by atoms with Crippen LogP contribution in [0.3, 0.4) is 0 Å². The number of carbonyl (C=O) groups excluding carboxylic acids is 1. The molecular formula is C15H19N3O2. The van der Waals surface area contributed by atoms with Crippen LogP contribution in [-0.4, -0.2) is 17.4 Å². The average molecular weight is 273 g/mol. The van der Waals surface area contributed by atoms with Gasteiger partial charge in [0.2, 0.25) is 0 Å². The Bertz CT molecular complexity index is 605. The highest BCUT2D eigenvalue weighted by molar-refractivity contribution is 6.07. The van der Waals surface area contributed by atoms with E-state index in [2.05, 4.69) is 22.5 Å². The summed E-state index contributed by atoms with van der Waals surface area (Å²) in [6, 6.07) is 5.89. The van der Waals surface area contributed by atoms with Gasteiger partial charge >= 0.3 is 6.01 Å². The van der Waals surface area contributed by atoms with Gasteiger partial charge in [-0.3, -0.25) is 10.1 Å². The van der Waals surface area contributed by atoms with Gasteiger partial charge in [-0.05, 0) is 38.0 Å². The van der Waals surface area contributed by atoms with Gasteiger partial charge in [0, 0.05) is 12.2 Å². The zero-order valence-electron chi connectivity index (χ0n) is 12.0. The first-order chi connectivity index (χ1) is 9.60. The van der Waals surface area contributed by atoms with Crippen molar-refractivity contribution in [2.75, 3.05) is 17.2 Å². The van der Waals surface area contributed by atoms with Crippen molar-refractivity contribution < 1.29 is 9.21 Å². The topological polar surface area (TPSA) is 67.2 Å². The van der Waals surface area contributed by atoms with Crippen LogP contribution in [-0.2, 0) is 0 Å². The number of nitrogens with zero attached hydrogens (tertiary/aromatic N) is 1. The summed E-state index contributed by atoms with van der Waals surface area (Å²) in [7, 11) is 0. The zero-order chi connectivity index (χ0) is 14.5. The number of oxazole rings is 1. The fourth-order valence-corrected chi connectivity index (χ4v) is 1.84. The highest BCUT2D eigenvalue weighted by atomic mass is 16.4. The molecule has 5 nitrogen and oxygen atoms in total. The lowest BCUT2D eigenvalue weighted by Gasteiger charge is -2.11. The quantitative estimate of drug-likeness (QED) is 0.876. The predicted molar refractivity (Wildman–Crippen MR) is 79.2 cm³/mol. The predicted octanol–water partition coefficient (Wildman–Crippen LogP) is 3.37. The molecule has 0 saturated heterocycles. The van der Waals surface area contributed by atoms with Crippen LogP contribution in [0.1, 0.15) is 35.0 Å². The van der Waals surface area contributed by atoms with E-state index in [0.717, 1.165) is 29.9 Å². The van der Waals surface area contributed by atoms with E-state index in [1.807, 2.05) is 19.1 Å². The van der Waals surface area contributed by atoms with Crippen molar-refractivity contribution in [1.29, 1.82) is 0 Å². The number of benzene rings is 1. The second-order valence-electron chi connectivity index (χ2n) is 4.72. The van der Waals surface area contributed by atoms with Gasteiger partial charge in [0.15, 0.2) is 0 Å². The monoisotopic (exact) mass is 273 g/mol. The largest absolute Gasteiger partial charge is 0.432 e. The third kappa shape index (κ3) is 3.38. The van der Waals surface area contributed by atoms with Crippen molar-refractivity contribution in [2.24, 2.45) is 0 Å². The van der Waals surface area contributed by atoms with Gasteiger partial charge in [-0.1, -0.05) is 13.0 Å². The lowest BCUT2D eigenvalue weighted by Crippen LogP contribution is -2.15. The number of aryl methyl sites for hydroxylation is 2. The van der Waals surface area contributed by atoms with Gasteiger partial charge in [0.1, 0.15) is 6.26 Å². The van der Waals surface area contributed by atoms with Crippen LogP contribution < -0.4 is 10.6 Å². The van der Waals surface area contributed by atoms with Crippen LogP contribution in [0, 0.1) is 13.8 Å². The summed E-state index contributed by atoms with van der Waals surface area (Å²) in [6.07, 6.45) is 2.49. The molecule has 2 rings (SSSR count). The Hall–Kier alpha value is -2.30. The second kappa shape index (κ2) is 6.23. The van der Waals surface area contributed by atoms with E-state index in [-0.39, 0.29) is 11.9 Å². The number of hydrogen-bond donors (Lipinski definition) is 2. The van der Waals surface area contributed by atoms with Crippen molar-refractivity contribution in [2.45, 2.75) is 27.2 Å². The molecule has 2 N–H and O–H groups in total. The summed E-state index contributed by atoms with van der Waals surface area (Å²) < 4.78 is 5.14. The van der Waals surface area contributed by atoms with Gasteiger partial charge in [-0.25, -0.2) is 0 Å². The van der Waals surface area contributed by atoms with Gasteiger partial charge < -0.3 is 9.73 Å². The lowest BCUT2D eigenvalue weighted by atomic mass is 10.1. The molecule has 1 heterocycles. The summed E-state index contributed by atoms with van der Waals surface area (Å²) in [5.41, 5.74) is 3.24. The SMILES string of the molecule is CCCNc1cc(C)ccc1C(=O)Nc1nc(C)co1. The first kappa shape index (κ1) is 14.1. The molecule has 0 atom stereocenters. The first-order valence-corrected chi connectivity index (χ1v) is 6.68. The molecule has 2 aromatic rings. The van der Waals surface area contributed by atoms with Crippen molar-refractivity contribution in [3.05, 3.63) is 41.3 Å². The van der Waals surface area contributed by atoms with Crippen LogP contribution in [0.4, 0.5) is 11.7 Å². The Labute approximate surface area is 118 Å². The molecule has 0 radical (unpaired) electrons. The van der Waals surface area contributed by atoms with Crippen molar-refractivity contribution in [1.82, 2.24) is 4.98 Å². The van der Waals surface area contributed by atoms with E-state index >= 15 is 0 Å². The Morgan fingerprint density at radius 3 is 2.80 bits per heavy atom. The molecule has 5 heteroatoms. The average Bonchev–Trinajstić information content (AvgIpc) is 2.81. The molecule has 0 aliphatic carbocycles. The van der Waals surface area contributed by atoms with E-state index in [4.69, 9.17) is 4.42 Å². The normalized spacial score (nSPS) is 10.3. The first-order valence-electron chi connectivity index (χ1n) is 6.68. The maximum atomic E-state index is 12.3. The molecule has 0 saturated carbocycles. The van der Waals surface area contributed by atoms with Gasteiger partial charge in [-0.2, -0.15) is 4.98 Å². The molecule has 0 unspecified atom stereocenters. The standard InChI is InChI=1S/C15H19N3O2/c1-4-7-16-13-8-10(2)5-6-12(13)14(19)18-15-17-11(3)9-20-15/h5-6,8-9,16H,4,7H2,1-3H3,(H,17,18,19). The highest BCUT2D eigenvalue weighted by Gasteiger charge is 2.13. The van der Waals surface area contributed by atoms with Gasteiger partial charge in [0.25, 0.3) is 5.91 Å². The zero-order valence-corrected chi connectivity index (χ0v) is 12.0. The molecule has 20 heavy (non-hydrogen) atoms. The minimum atomic E-state index is -0.231. The number of rotatable bonds is 5. The molecular weight excluding hydrogens is 254 g/mol. The minimum absolute atomic E-state index is 0.217.